The van der Waals surface area contributed by atoms with Gasteiger partial charge in [-0.25, -0.2) is 0 Å². The van der Waals surface area contributed by atoms with E-state index in [4.69, 9.17) is 0 Å². The Bertz CT molecular complexity index is 1070. The molecule has 2 fully saturated rings. The van der Waals surface area contributed by atoms with Crippen LogP contribution in [0.4, 0.5) is 11.4 Å². The molecule has 2 spiro atoms. The number of allylic oxidation sites excluding steroid dienone is 1. The number of nitrogens with one attached hydrogen (secondary N) is 3. The van der Waals surface area contributed by atoms with E-state index in [0.717, 1.165) is 13.1 Å². The molecule has 0 radical (unpaired) electrons. The van der Waals surface area contributed by atoms with Gasteiger partial charge < -0.3 is 16.0 Å². The molecule has 6 heterocycles. The summed E-state index contributed by atoms with van der Waals surface area (Å²) in [7, 11) is 0. The van der Waals surface area contributed by atoms with Gasteiger partial charge in [0, 0.05) is 23.3 Å². The molecular formula is C25H28N4. The van der Waals surface area contributed by atoms with Crippen molar-refractivity contribution >= 4 is 11.4 Å². The molecule has 0 amide bonds. The van der Waals surface area contributed by atoms with E-state index >= 15 is 0 Å². The van der Waals surface area contributed by atoms with E-state index < -0.39 is 0 Å². The van der Waals surface area contributed by atoms with Crippen LogP contribution in [-0.2, 0) is 10.8 Å². The minimum absolute atomic E-state index is 0.0855. The summed E-state index contributed by atoms with van der Waals surface area (Å²) in [6.07, 6.45) is 5.50. The summed E-state index contributed by atoms with van der Waals surface area (Å²) in [5.41, 5.74) is 8.83. The maximum atomic E-state index is 3.98. The molecule has 0 aromatic heterocycles. The van der Waals surface area contributed by atoms with Crippen molar-refractivity contribution in [1.82, 2.24) is 10.2 Å². The number of benzene rings is 2. The third-order valence-electron chi connectivity index (χ3n) is 8.43. The lowest BCUT2D eigenvalue weighted by Crippen LogP contribution is -2.71. The topological polar surface area (TPSA) is 39.3 Å². The van der Waals surface area contributed by atoms with E-state index in [1.165, 1.54) is 40.9 Å². The maximum absolute atomic E-state index is 3.98. The zero-order valence-electron chi connectivity index (χ0n) is 17.1. The van der Waals surface area contributed by atoms with Gasteiger partial charge in [0.25, 0.3) is 0 Å². The molecule has 2 saturated heterocycles. The van der Waals surface area contributed by atoms with Crippen LogP contribution in [0.1, 0.15) is 49.4 Å². The molecule has 6 aliphatic heterocycles. The summed E-state index contributed by atoms with van der Waals surface area (Å²) in [5, 5.41) is 11.8. The highest BCUT2D eigenvalue weighted by molar-refractivity contribution is 5.76. The minimum Gasteiger partial charge on any atom is -0.364 e. The largest absolute Gasteiger partial charge is 0.364 e. The average molecular weight is 385 g/mol. The van der Waals surface area contributed by atoms with Crippen LogP contribution in [0.25, 0.3) is 0 Å². The van der Waals surface area contributed by atoms with Gasteiger partial charge in [0.2, 0.25) is 0 Å². The Hall–Kier alpha value is -2.30. The number of rotatable bonds is 1. The van der Waals surface area contributed by atoms with Crippen LogP contribution in [0.15, 0.2) is 54.1 Å². The normalized spacial score (nSPS) is 39.5. The van der Waals surface area contributed by atoms with Crippen LogP contribution >= 0.6 is 0 Å². The second kappa shape index (κ2) is 5.24. The van der Waals surface area contributed by atoms with Crippen molar-refractivity contribution in [2.45, 2.75) is 55.9 Å². The quantitative estimate of drug-likeness (QED) is 0.648. The third-order valence-corrected chi connectivity index (χ3v) is 8.43. The zero-order chi connectivity index (χ0) is 19.4. The van der Waals surface area contributed by atoms with E-state index in [9.17, 15) is 0 Å². The second-order valence-electron chi connectivity index (χ2n) is 9.76. The second-order valence-corrected chi connectivity index (χ2v) is 9.76. The van der Waals surface area contributed by atoms with E-state index in [1.54, 1.807) is 5.56 Å². The Morgan fingerprint density at radius 3 is 2.72 bits per heavy atom. The Balaban J connectivity index is 1.63. The highest BCUT2D eigenvalue weighted by Crippen LogP contribution is 2.68. The van der Waals surface area contributed by atoms with Gasteiger partial charge >= 0.3 is 0 Å². The monoisotopic (exact) mass is 384 g/mol. The number of nitrogens with zero attached hydrogens (tertiary/aromatic N) is 1. The molecule has 8 rings (SSSR count). The molecule has 6 aliphatic rings. The van der Waals surface area contributed by atoms with Gasteiger partial charge in [0.05, 0.1) is 17.6 Å². The first kappa shape index (κ1) is 16.5. The van der Waals surface area contributed by atoms with Crippen LogP contribution in [0.3, 0.4) is 0 Å². The smallest absolute Gasteiger partial charge is 0.107 e. The Morgan fingerprint density at radius 1 is 1.00 bits per heavy atom. The molecular weight excluding hydrogens is 356 g/mol. The Morgan fingerprint density at radius 2 is 1.83 bits per heavy atom. The summed E-state index contributed by atoms with van der Waals surface area (Å²) in [5.74, 6) is 0. The van der Waals surface area contributed by atoms with Gasteiger partial charge in [-0.3, -0.25) is 4.90 Å². The van der Waals surface area contributed by atoms with E-state index in [0.29, 0.717) is 12.2 Å². The van der Waals surface area contributed by atoms with Crippen molar-refractivity contribution in [3.8, 4) is 0 Å². The SMILES string of the molecule is CC(C)=CC1c2cccc3c2C24CCN1C1NCC[C@]12c1ccccc1NC4N3. The summed E-state index contributed by atoms with van der Waals surface area (Å²) in [4.78, 5) is 2.78. The van der Waals surface area contributed by atoms with Crippen molar-refractivity contribution in [2.75, 3.05) is 23.7 Å². The molecule has 4 heteroatoms. The summed E-state index contributed by atoms with van der Waals surface area (Å²) in [6.45, 7) is 6.69. The number of hydrogen-bond acceptors (Lipinski definition) is 4. The van der Waals surface area contributed by atoms with E-state index in [1.807, 2.05) is 0 Å². The first-order valence-electron chi connectivity index (χ1n) is 11.1. The minimum atomic E-state index is 0.0855. The molecule has 29 heavy (non-hydrogen) atoms. The van der Waals surface area contributed by atoms with Gasteiger partial charge in [-0.15, -0.1) is 0 Å². The highest BCUT2D eigenvalue weighted by atomic mass is 15.4. The van der Waals surface area contributed by atoms with Crippen LogP contribution < -0.4 is 16.0 Å². The molecule has 148 valence electrons. The van der Waals surface area contributed by atoms with Crippen LogP contribution in [0.2, 0.25) is 0 Å². The summed E-state index contributed by atoms with van der Waals surface area (Å²) < 4.78 is 0. The summed E-state index contributed by atoms with van der Waals surface area (Å²) in [6, 6.07) is 16.4. The first-order chi connectivity index (χ1) is 14.2. The van der Waals surface area contributed by atoms with E-state index in [2.05, 4.69) is 83.2 Å². The molecule has 4 nitrogen and oxygen atoms in total. The fraction of sp³-hybridized carbons (Fsp3) is 0.440. The van der Waals surface area contributed by atoms with Crippen LogP contribution in [0, 0.1) is 0 Å². The number of piperidine rings is 1. The van der Waals surface area contributed by atoms with Crippen molar-refractivity contribution in [3.05, 3.63) is 70.8 Å². The molecule has 0 saturated carbocycles. The molecule has 2 aromatic rings. The fourth-order valence-electron chi connectivity index (χ4n) is 7.66. The molecule has 3 N–H and O–H groups in total. The number of para-hydroxylation sites is 1. The molecule has 2 bridgehead atoms. The lowest BCUT2D eigenvalue weighted by Gasteiger charge is -2.60. The van der Waals surface area contributed by atoms with Crippen LogP contribution in [0.5, 0.6) is 0 Å². The van der Waals surface area contributed by atoms with Crippen molar-refractivity contribution in [2.24, 2.45) is 0 Å². The molecule has 0 aliphatic carbocycles. The predicted molar refractivity (Wildman–Crippen MR) is 117 cm³/mol. The lowest BCUT2D eigenvalue weighted by molar-refractivity contribution is -0.00203. The third kappa shape index (κ3) is 1.68. The van der Waals surface area contributed by atoms with Gasteiger partial charge in [0.15, 0.2) is 0 Å². The summed E-state index contributed by atoms with van der Waals surface area (Å²) >= 11 is 0. The molecule has 5 unspecified atom stereocenters. The van der Waals surface area contributed by atoms with Crippen molar-refractivity contribution < 1.29 is 0 Å². The van der Waals surface area contributed by atoms with Crippen molar-refractivity contribution in [3.63, 3.8) is 0 Å². The predicted octanol–water partition coefficient (Wildman–Crippen LogP) is 4.09. The van der Waals surface area contributed by atoms with Crippen molar-refractivity contribution in [1.29, 1.82) is 0 Å². The van der Waals surface area contributed by atoms with E-state index in [-0.39, 0.29) is 17.0 Å². The maximum Gasteiger partial charge on any atom is 0.107 e. The molecule has 2 aromatic carbocycles. The van der Waals surface area contributed by atoms with Gasteiger partial charge in [0.1, 0.15) is 6.17 Å². The number of fused-ring (bicyclic) bond motifs is 2. The standard InChI is InChI=1S/C25H28N4/c1-15(2)14-20-16-6-5-9-19-21(16)25-11-13-29(20)23-24(25,10-12-26-23)17-7-3-4-8-18(17)27-22(25)28-19/h3-9,14,20,22-23,26-28H,10-13H2,1-2H3/t20?,22?,23?,24-,25?/m0/s1. The van der Waals surface area contributed by atoms with Gasteiger partial charge in [-0.05, 0) is 62.1 Å². The number of anilines is 2. The molecule has 6 atom stereocenters. The van der Waals surface area contributed by atoms with Gasteiger partial charge in [-0.2, -0.15) is 0 Å². The Labute approximate surface area is 172 Å². The number of hydrogen-bond donors (Lipinski definition) is 3. The van der Waals surface area contributed by atoms with Gasteiger partial charge in [-0.1, -0.05) is 42.0 Å². The highest BCUT2D eigenvalue weighted by Gasteiger charge is 2.72. The fourth-order valence-corrected chi connectivity index (χ4v) is 7.66. The zero-order valence-corrected chi connectivity index (χ0v) is 17.1. The first-order valence-corrected chi connectivity index (χ1v) is 11.1. The Kier molecular flexibility index (Phi) is 2.98. The lowest BCUT2D eigenvalue weighted by atomic mass is 9.50. The van der Waals surface area contributed by atoms with Crippen LogP contribution in [-0.4, -0.2) is 30.3 Å². The average Bonchev–Trinajstić information content (AvgIpc) is 3.24.